The minimum absolute atomic E-state index is 0.0770. The number of esters is 1. The Morgan fingerprint density at radius 1 is 1.23 bits per heavy atom. The molecule has 7 heteroatoms. The fourth-order valence-corrected chi connectivity index (χ4v) is 1.51. The average molecular weight is 315 g/mol. The van der Waals surface area contributed by atoms with E-state index in [-0.39, 0.29) is 12.2 Å². The normalized spacial score (nSPS) is 12.2. The fourth-order valence-electron chi connectivity index (χ4n) is 1.51. The van der Waals surface area contributed by atoms with Gasteiger partial charge in [-0.25, -0.2) is 4.79 Å². The number of carbonyl (C=O) groups is 2. The topological polar surface area (TPSA) is 55.4 Å². The van der Waals surface area contributed by atoms with Crippen LogP contribution in [0.4, 0.5) is 13.2 Å². The van der Waals surface area contributed by atoms with E-state index < -0.39 is 24.1 Å². The van der Waals surface area contributed by atoms with Gasteiger partial charge in [0.2, 0.25) is 0 Å². The van der Waals surface area contributed by atoms with Crippen molar-refractivity contribution in [2.75, 3.05) is 6.61 Å². The van der Waals surface area contributed by atoms with E-state index in [1.165, 1.54) is 12.1 Å². The van der Waals surface area contributed by atoms with E-state index in [1.807, 2.05) is 0 Å². The van der Waals surface area contributed by atoms with Crippen molar-refractivity contribution in [3.63, 3.8) is 0 Å². The number of alkyl halides is 3. The van der Waals surface area contributed by atoms with E-state index in [9.17, 15) is 22.8 Å². The van der Waals surface area contributed by atoms with Crippen molar-refractivity contribution >= 4 is 11.9 Å². The van der Waals surface area contributed by atoms with Crippen molar-refractivity contribution in [3.05, 3.63) is 47.5 Å². The molecule has 0 radical (unpaired) electrons. The molecular weight excluding hydrogens is 299 g/mol. The highest BCUT2D eigenvalue weighted by Gasteiger charge is 2.41. The molecule has 0 spiro atoms. The number of allylic oxidation sites excluding steroid dienone is 1. The van der Waals surface area contributed by atoms with Gasteiger partial charge >= 0.3 is 18.1 Å². The third-order valence-corrected chi connectivity index (χ3v) is 2.62. The first-order chi connectivity index (χ1) is 10.2. The van der Waals surface area contributed by atoms with E-state index in [0.717, 1.165) is 5.57 Å². The molecule has 0 bridgehead atoms. The number of amides is 1. The maximum absolute atomic E-state index is 12.4. The lowest BCUT2D eigenvalue weighted by Gasteiger charge is -2.18. The molecule has 0 aliphatic rings. The van der Waals surface area contributed by atoms with Crippen LogP contribution in [-0.2, 0) is 14.3 Å². The molecule has 1 N–H and O–H groups in total. The molecule has 1 rings (SSSR count). The molecule has 1 aromatic rings. The Balaban J connectivity index is 2.90. The molecule has 0 fully saturated rings. The van der Waals surface area contributed by atoms with Crippen LogP contribution in [0, 0.1) is 0 Å². The van der Waals surface area contributed by atoms with E-state index >= 15 is 0 Å². The van der Waals surface area contributed by atoms with Gasteiger partial charge in [0.25, 0.3) is 0 Å². The Kier molecular flexibility index (Phi) is 6.15. The monoisotopic (exact) mass is 315 g/mol. The Morgan fingerprint density at radius 2 is 1.82 bits per heavy atom. The summed E-state index contributed by atoms with van der Waals surface area (Å²) in [4.78, 5) is 23.0. The second kappa shape index (κ2) is 7.63. The number of halogens is 3. The Bertz CT molecular complexity index is 549. The molecule has 0 saturated carbocycles. The molecule has 0 heterocycles. The van der Waals surface area contributed by atoms with Crippen LogP contribution in [0.1, 0.15) is 25.5 Å². The maximum atomic E-state index is 12.4. The first kappa shape index (κ1) is 17.7. The predicted octanol–water partition coefficient (Wildman–Crippen LogP) is 2.92. The van der Waals surface area contributed by atoms with Crippen LogP contribution >= 0.6 is 0 Å². The second-order valence-corrected chi connectivity index (χ2v) is 4.73. The highest BCUT2D eigenvalue weighted by Crippen LogP contribution is 2.20. The average Bonchev–Trinajstić information content (AvgIpc) is 2.43. The van der Waals surface area contributed by atoms with Crippen molar-refractivity contribution in [1.82, 2.24) is 5.32 Å². The summed E-state index contributed by atoms with van der Waals surface area (Å²) in [5, 5.41) is 1.65. The number of ether oxygens (including phenoxy) is 1. The van der Waals surface area contributed by atoms with Crippen molar-refractivity contribution in [2.45, 2.75) is 26.1 Å². The largest absolute Gasteiger partial charge is 0.471 e. The summed E-state index contributed by atoms with van der Waals surface area (Å²) in [6.07, 6.45) is -3.47. The maximum Gasteiger partial charge on any atom is 0.471 e. The van der Waals surface area contributed by atoms with Gasteiger partial charge in [0.15, 0.2) is 6.04 Å². The predicted molar refractivity (Wildman–Crippen MR) is 73.8 cm³/mol. The number of hydrogen-bond acceptors (Lipinski definition) is 3. The first-order valence-corrected chi connectivity index (χ1v) is 6.44. The summed E-state index contributed by atoms with van der Waals surface area (Å²) in [6.45, 7) is 3.49. The fraction of sp³-hybridized carbons (Fsp3) is 0.333. The zero-order chi connectivity index (χ0) is 16.8. The lowest BCUT2D eigenvalue weighted by molar-refractivity contribution is -0.176. The standard InChI is InChI=1S/C15H16F3NO3/c1-10(2)8-9-22-13(20)12(11-6-4-3-5-7-11)19-14(21)15(16,17)18/h3-8,12H,9H2,1-2H3,(H,19,21). The summed E-state index contributed by atoms with van der Waals surface area (Å²) in [5.41, 5.74) is 1.10. The summed E-state index contributed by atoms with van der Waals surface area (Å²) in [5.74, 6) is -3.15. The van der Waals surface area contributed by atoms with Crippen LogP contribution in [0.3, 0.4) is 0 Å². The van der Waals surface area contributed by atoms with Crippen molar-refractivity contribution in [1.29, 1.82) is 0 Å². The Labute approximate surface area is 126 Å². The minimum atomic E-state index is -5.08. The van der Waals surface area contributed by atoms with Gasteiger partial charge < -0.3 is 10.1 Å². The van der Waals surface area contributed by atoms with Crippen molar-refractivity contribution in [2.24, 2.45) is 0 Å². The first-order valence-electron chi connectivity index (χ1n) is 6.44. The van der Waals surface area contributed by atoms with Crippen LogP contribution < -0.4 is 5.32 Å². The molecular formula is C15H16F3NO3. The SMILES string of the molecule is CC(C)=CCOC(=O)C(NC(=O)C(F)(F)F)c1ccccc1. The van der Waals surface area contributed by atoms with Gasteiger partial charge in [0, 0.05) is 0 Å². The van der Waals surface area contributed by atoms with Gasteiger partial charge in [-0.3, -0.25) is 4.79 Å². The van der Waals surface area contributed by atoms with Crippen LogP contribution in [-0.4, -0.2) is 24.7 Å². The number of rotatable bonds is 5. The lowest BCUT2D eigenvalue weighted by Crippen LogP contribution is -2.42. The molecule has 1 unspecified atom stereocenters. The van der Waals surface area contributed by atoms with Crippen molar-refractivity contribution in [3.8, 4) is 0 Å². The lowest BCUT2D eigenvalue weighted by atomic mass is 10.1. The summed E-state index contributed by atoms with van der Waals surface area (Å²) in [6, 6.07) is 6.09. The zero-order valence-corrected chi connectivity index (χ0v) is 12.1. The van der Waals surface area contributed by atoms with Gasteiger partial charge in [0.05, 0.1) is 0 Å². The quantitative estimate of drug-likeness (QED) is 0.671. The minimum Gasteiger partial charge on any atom is -0.460 e. The number of hydrogen-bond donors (Lipinski definition) is 1. The van der Waals surface area contributed by atoms with Crippen LogP contribution in [0.5, 0.6) is 0 Å². The summed E-state index contributed by atoms with van der Waals surface area (Å²) < 4.78 is 42.0. The highest BCUT2D eigenvalue weighted by atomic mass is 19.4. The summed E-state index contributed by atoms with van der Waals surface area (Å²) in [7, 11) is 0. The van der Waals surface area contributed by atoms with Gasteiger partial charge in [-0.15, -0.1) is 0 Å². The van der Waals surface area contributed by atoms with E-state index in [0.29, 0.717) is 0 Å². The second-order valence-electron chi connectivity index (χ2n) is 4.73. The molecule has 0 aromatic heterocycles. The van der Waals surface area contributed by atoms with Crippen LogP contribution in [0.15, 0.2) is 42.0 Å². The Morgan fingerprint density at radius 3 is 2.32 bits per heavy atom. The molecule has 4 nitrogen and oxygen atoms in total. The van der Waals surface area contributed by atoms with Gasteiger partial charge in [-0.05, 0) is 25.5 Å². The van der Waals surface area contributed by atoms with Crippen molar-refractivity contribution < 1.29 is 27.5 Å². The molecule has 120 valence electrons. The Hall–Kier alpha value is -2.31. The molecule has 0 aliphatic carbocycles. The van der Waals surface area contributed by atoms with Gasteiger partial charge in [-0.1, -0.05) is 35.9 Å². The molecule has 1 aromatic carbocycles. The van der Waals surface area contributed by atoms with Crippen LogP contribution in [0.2, 0.25) is 0 Å². The number of carbonyl (C=O) groups excluding carboxylic acids is 2. The van der Waals surface area contributed by atoms with Gasteiger partial charge in [-0.2, -0.15) is 13.2 Å². The molecule has 0 saturated heterocycles. The van der Waals surface area contributed by atoms with E-state index in [4.69, 9.17) is 4.74 Å². The van der Waals surface area contributed by atoms with Gasteiger partial charge in [0.1, 0.15) is 6.61 Å². The molecule has 0 aliphatic heterocycles. The highest BCUT2D eigenvalue weighted by molar-refractivity contribution is 5.88. The third-order valence-electron chi connectivity index (χ3n) is 2.62. The van der Waals surface area contributed by atoms with Crippen LogP contribution in [0.25, 0.3) is 0 Å². The molecule has 1 amide bonds. The third kappa shape index (κ3) is 5.59. The number of benzene rings is 1. The van der Waals surface area contributed by atoms with E-state index in [1.54, 1.807) is 43.4 Å². The molecule has 1 atom stereocenters. The van der Waals surface area contributed by atoms with E-state index in [2.05, 4.69) is 0 Å². The molecule has 22 heavy (non-hydrogen) atoms. The smallest absolute Gasteiger partial charge is 0.460 e. The summed E-state index contributed by atoms with van der Waals surface area (Å²) >= 11 is 0. The number of nitrogens with one attached hydrogen (secondary N) is 1. The zero-order valence-electron chi connectivity index (χ0n) is 12.1.